The molecule has 1 rings (SSSR count). The van der Waals surface area contributed by atoms with E-state index in [0.29, 0.717) is 5.75 Å². The Morgan fingerprint density at radius 3 is 2.41 bits per heavy atom. The molecule has 0 saturated carbocycles. The number of carbonyl (C=O) groups excluding carboxylic acids is 1. The van der Waals surface area contributed by atoms with Gasteiger partial charge in [0.2, 0.25) is 0 Å². The highest BCUT2D eigenvalue weighted by Crippen LogP contribution is 2.11. The van der Waals surface area contributed by atoms with E-state index in [1.807, 2.05) is 0 Å². The van der Waals surface area contributed by atoms with Gasteiger partial charge in [-0.25, -0.2) is 9.59 Å². The summed E-state index contributed by atoms with van der Waals surface area (Å²) in [6.45, 7) is 5.14. The molecule has 0 unspecified atom stereocenters. The van der Waals surface area contributed by atoms with E-state index in [1.54, 1.807) is 45.0 Å². The number of amides is 1. The van der Waals surface area contributed by atoms with Crippen LogP contribution in [0.2, 0.25) is 0 Å². The lowest BCUT2D eigenvalue weighted by molar-refractivity contribution is -0.139. The minimum Gasteiger partial charge on any atom is -0.482 e. The van der Waals surface area contributed by atoms with Crippen LogP contribution in [0.15, 0.2) is 24.3 Å². The van der Waals surface area contributed by atoms with Gasteiger partial charge in [-0.15, -0.1) is 0 Å². The lowest BCUT2D eigenvalue weighted by Crippen LogP contribution is -2.32. The van der Waals surface area contributed by atoms with Crippen molar-refractivity contribution in [2.24, 2.45) is 0 Å². The molecule has 6 heteroatoms. The molecule has 0 spiro atoms. The van der Waals surface area contributed by atoms with Gasteiger partial charge in [-0.1, -0.05) is 11.8 Å². The van der Waals surface area contributed by atoms with Crippen molar-refractivity contribution >= 4 is 12.1 Å². The standard InChI is InChI=1S/C16H19NO5/c1-16(2,3)22-15(20)17-10-4-5-12-6-8-13(9-7-12)21-11-14(18)19/h6-9H,10-11H2,1-3H3,(H,17,20)(H,18,19). The SMILES string of the molecule is CC(C)(C)OC(=O)NCC#Cc1ccc(OCC(=O)O)cc1. The van der Waals surface area contributed by atoms with Crippen molar-refractivity contribution in [3.05, 3.63) is 29.8 Å². The minimum atomic E-state index is -1.03. The number of hydrogen-bond donors (Lipinski definition) is 2. The lowest BCUT2D eigenvalue weighted by atomic mass is 10.2. The fourth-order valence-electron chi connectivity index (χ4n) is 1.36. The van der Waals surface area contributed by atoms with Crippen LogP contribution in [0.5, 0.6) is 5.75 Å². The Hall–Kier alpha value is -2.68. The average molecular weight is 305 g/mol. The van der Waals surface area contributed by atoms with Crippen molar-refractivity contribution < 1.29 is 24.2 Å². The third kappa shape index (κ3) is 7.80. The molecule has 0 aliphatic rings. The van der Waals surface area contributed by atoms with Crippen molar-refractivity contribution in [1.29, 1.82) is 0 Å². The van der Waals surface area contributed by atoms with Crippen LogP contribution >= 0.6 is 0 Å². The molecule has 0 fully saturated rings. The molecule has 1 aromatic carbocycles. The van der Waals surface area contributed by atoms with Gasteiger partial charge < -0.3 is 19.9 Å². The molecular weight excluding hydrogens is 286 g/mol. The summed E-state index contributed by atoms with van der Waals surface area (Å²) in [5.74, 6) is 5.08. The summed E-state index contributed by atoms with van der Waals surface area (Å²) in [7, 11) is 0. The fourth-order valence-corrected chi connectivity index (χ4v) is 1.36. The smallest absolute Gasteiger partial charge is 0.408 e. The Morgan fingerprint density at radius 2 is 1.86 bits per heavy atom. The van der Waals surface area contributed by atoms with Gasteiger partial charge in [-0.05, 0) is 45.0 Å². The van der Waals surface area contributed by atoms with Crippen molar-refractivity contribution in [2.75, 3.05) is 13.2 Å². The zero-order valence-electron chi connectivity index (χ0n) is 12.8. The highest BCUT2D eigenvalue weighted by molar-refractivity contribution is 5.68. The highest BCUT2D eigenvalue weighted by atomic mass is 16.6. The Kier molecular flexibility index (Phi) is 6.26. The van der Waals surface area contributed by atoms with Crippen LogP contribution in [0.4, 0.5) is 4.79 Å². The minimum absolute atomic E-state index is 0.173. The van der Waals surface area contributed by atoms with Crippen molar-refractivity contribution in [3.63, 3.8) is 0 Å². The molecule has 2 N–H and O–H groups in total. The van der Waals surface area contributed by atoms with Gasteiger partial charge in [0.1, 0.15) is 11.4 Å². The summed E-state index contributed by atoms with van der Waals surface area (Å²) in [4.78, 5) is 21.7. The maximum atomic E-state index is 11.4. The molecular formula is C16H19NO5. The molecule has 0 atom stereocenters. The summed E-state index contributed by atoms with van der Waals surface area (Å²) >= 11 is 0. The number of nitrogens with one attached hydrogen (secondary N) is 1. The quantitative estimate of drug-likeness (QED) is 0.831. The van der Waals surface area contributed by atoms with E-state index < -0.39 is 17.7 Å². The number of hydrogen-bond acceptors (Lipinski definition) is 4. The number of ether oxygens (including phenoxy) is 2. The van der Waals surface area contributed by atoms with Crippen LogP contribution in [-0.2, 0) is 9.53 Å². The predicted molar refractivity (Wildman–Crippen MR) is 80.7 cm³/mol. The molecule has 1 amide bonds. The first-order valence-corrected chi connectivity index (χ1v) is 6.66. The molecule has 0 heterocycles. The van der Waals surface area contributed by atoms with Gasteiger partial charge in [-0.3, -0.25) is 0 Å². The van der Waals surface area contributed by atoms with E-state index in [4.69, 9.17) is 14.6 Å². The first-order chi connectivity index (χ1) is 10.3. The van der Waals surface area contributed by atoms with E-state index in [1.165, 1.54) is 0 Å². The molecule has 0 saturated heterocycles. The average Bonchev–Trinajstić information content (AvgIpc) is 2.40. The molecule has 118 valence electrons. The second-order valence-electron chi connectivity index (χ2n) is 5.36. The molecule has 22 heavy (non-hydrogen) atoms. The Labute approximate surface area is 129 Å². The van der Waals surface area contributed by atoms with Crippen molar-refractivity contribution in [2.45, 2.75) is 26.4 Å². The number of carboxylic acids is 1. The molecule has 1 aromatic rings. The van der Waals surface area contributed by atoms with Crippen molar-refractivity contribution in [1.82, 2.24) is 5.32 Å². The molecule has 0 aromatic heterocycles. The summed E-state index contributed by atoms with van der Waals surface area (Å²) in [6.07, 6.45) is -0.515. The van der Waals surface area contributed by atoms with Gasteiger partial charge in [0.25, 0.3) is 0 Å². The second kappa shape index (κ2) is 7.93. The number of alkyl carbamates (subject to hydrolysis) is 1. The van der Waals surface area contributed by atoms with Crippen LogP contribution < -0.4 is 10.1 Å². The number of aliphatic carboxylic acids is 1. The monoisotopic (exact) mass is 305 g/mol. The van der Waals surface area contributed by atoms with Gasteiger partial charge >= 0.3 is 12.1 Å². The van der Waals surface area contributed by atoms with Crippen molar-refractivity contribution in [3.8, 4) is 17.6 Å². The fraction of sp³-hybridized carbons (Fsp3) is 0.375. The first-order valence-electron chi connectivity index (χ1n) is 6.66. The van der Waals surface area contributed by atoms with E-state index >= 15 is 0 Å². The van der Waals surface area contributed by atoms with Crippen LogP contribution in [0.25, 0.3) is 0 Å². The summed E-state index contributed by atoms with van der Waals surface area (Å²) in [5, 5.41) is 11.0. The van der Waals surface area contributed by atoms with E-state index in [2.05, 4.69) is 17.2 Å². The molecule has 0 radical (unpaired) electrons. The van der Waals surface area contributed by atoms with Crippen LogP contribution in [-0.4, -0.2) is 35.9 Å². The second-order valence-corrected chi connectivity index (χ2v) is 5.36. The van der Waals surface area contributed by atoms with E-state index in [0.717, 1.165) is 5.56 Å². The molecule has 0 bridgehead atoms. The van der Waals surface area contributed by atoms with Crippen LogP contribution in [0.1, 0.15) is 26.3 Å². The van der Waals surface area contributed by atoms with E-state index in [9.17, 15) is 9.59 Å². The Morgan fingerprint density at radius 1 is 1.23 bits per heavy atom. The lowest BCUT2D eigenvalue weighted by Gasteiger charge is -2.18. The van der Waals surface area contributed by atoms with Gasteiger partial charge in [0, 0.05) is 5.56 Å². The molecule has 0 aliphatic carbocycles. The Bertz CT molecular complexity index is 575. The van der Waals surface area contributed by atoms with E-state index in [-0.39, 0.29) is 13.2 Å². The maximum Gasteiger partial charge on any atom is 0.408 e. The summed E-state index contributed by atoms with van der Waals surface area (Å²) in [5.41, 5.74) is 0.192. The number of carboxylic acid groups (broad SMARTS) is 1. The Balaban J connectivity index is 2.42. The molecule has 6 nitrogen and oxygen atoms in total. The highest BCUT2D eigenvalue weighted by Gasteiger charge is 2.14. The maximum absolute atomic E-state index is 11.4. The van der Waals surface area contributed by atoms with Gasteiger partial charge in [0.05, 0.1) is 6.54 Å². The number of carbonyl (C=O) groups is 2. The molecule has 0 aliphatic heterocycles. The normalized spacial score (nSPS) is 10.1. The van der Waals surface area contributed by atoms with Crippen LogP contribution in [0.3, 0.4) is 0 Å². The van der Waals surface area contributed by atoms with Gasteiger partial charge in [-0.2, -0.15) is 0 Å². The topological polar surface area (TPSA) is 84.9 Å². The third-order valence-corrected chi connectivity index (χ3v) is 2.17. The number of benzene rings is 1. The van der Waals surface area contributed by atoms with Gasteiger partial charge in [0.15, 0.2) is 6.61 Å². The predicted octanol–water partition coefficient (Wildman–Crippen LogP) is 2.03. The number of rotatable bonds is 4. The largest absolute Gasteiger partial charge is 0.482 e. The zero-order valence-corrected chi connectivity index (χ0v) is 12.8. The summed E-state index contributed by atoms with van der Waals surface area (Å²) < 4.78 is 10.1. The zero-order chi connectivity index (χ0) is 16.6. The summed E-state index contributed by atoms with van der Waals surface area (Å²) in [6, 6.07) is 6.68. The third-order valence-electron chi connectivity index (χ3n) is 2.17. The first kappa shape index (κ1) is 17.4. The van der Waals surface area contributed by atoms with Crippen LogP contribution in [0, 0.1) is 11.8 Å².